The van der Waals surface area contributed by atoms with Crippen LogP contribution in [0, 0.1) is 0 Å². The van der Waals surface area contributed by atoms with Gasteiger partial charge in [0.05, 0.1) is 0 Å². The van der Waals surface area contributed by atoms with Gasteiger partial charge < -0.3 is 4.90 Å². The Morgan fingerprint density at radius 2 is 0.860 bits per heavy atom. The first-order chi connectivity index (χ1) is 28.3. The van der Waals surface area contributed by atoms with E-state index in [2.05, 4.69) is 235 Å². The van der Waals surface area contributed by atoms with Crippen LogP contribution in [0.25, 0.3) is 60.5 Å². The van der Waals surface area contributed by atoms with Gasteiger partial charge >= 0.3 is 0 Å². The molecule has 1 atom stereocenters. The van der Waals surface area contributed by atoms with Gasteiger partial charge in [0.2, 0.25) is 0 Å². The average molecular weight is 728 g/mol. The number of rotatable bonds is 8. The van der Waals surface area contributed by atoms with Crippen LogP contribution < -0.4 is 4.90 Å². The predicted molar refractivity (Wildman–Crippen MR) is 243 cm³/mol. The lowest BCUT2D eigenvalue weighted by Gasteiger charge is -2.28. The number of fused-ring (bicyclic) bond motifs is 2. The van der Waals surface area contributed by atoms with E-state index in [9.17, 15) is 0 Å². The lowest BCUT2D eigenvalue weighted by Crippen LogP contribution is -2.11. The SMILES string of the molecule is C1=CC(c2cc(N(c3ccc(-c4ccccc4)cc3)c3ccc(-c4cccc5ccccc45)cc3)ccc2-c2ccccc2)CC=C1c1cccc2ccccc12. The van der Waals surface area contributed by atoms with Crippen molar-refractivity contribution in [1.82, 2.24) is 0 Å². The Hall–Kier alpha value is -7.22. The smallest absolute Gasteiger partial charge is 0.0465 e. The number of allylic oxidation sites excluding steroid dienone is 4. The minimum atomic E-state index is 0.218. The normalized spacial score (nSPS) is 13.8. The highest BCUT2D eigenvalue weighted by Gasteiger charge is 2.21. The van der Waals surface area contributed by atoms with Crippen LogP contribution >= 0.6 is 0 Å². The first-order valence-corrected chi connectivity index (χ1v) is 19.9. The second-order valence-corrected chi connectivity index (χ2v) is 14.8. The van der Waals surface area contributed by atoms with E-state index in [0.717, 1.165) is 23.5 Å². The molecule has 1 aliphatic rings. The van der Waals surface area contributed by atoms with Crippen LogP contribution in [0.15, 0.2) is 231 Å². The number of hydrogen-bond acceptors (Lipinski definition) is 1. The van der Waals surface area contributed by atoms with Crippen LogP contribution in [0.2, 0.25) is 0 Å². The van der Waals surface area contributed by atoms with Crippen molar-refractivity contribution in [2.24, 2.45) is 0 Å². The summed E-state index contributed by atoms with van der Waals surface area (Å²) in [6, 6.07) is 77.1. The molecular weight excluding hydrogens is 687 g/mol. The molecule has 1 nitrogen and oxygen atoms in total. The summed E-state index contributed by atoms with van der Waals surface area (Å²) in [5.41, 5.74) is 14.6. The summed E-state index contributed by atoms with van der Waals surface area (Å²) >= 11 is 0. The van der Waals surface area contributed by atoms with Gasteiger partial charge in [0.25, 0.3) is 0 Å². The molecule has 0 bridgehead atoms. The number of hydrogen-bond donors (Lipinski definition) is 0. The van der Waals surface area contributed by atoms with E-state index >= 15 is 0 Å². The molecule has 0 aromatic heterocycles. The molecular formula is C56H41N. The third kappa shape index (κ3) is 6.75. The summed E-state index contributed by atoms with van der Waals surface area (Å²) in [6.07, 6.45) is 8.11. The molecule has 0 amide bonds. The highest BCUT2D eigenvalue weighted by Crippen LogP contribution is 2.43. The molecule has 57 heavy (non-hydrogen) atoms. The molecule has 0 fully saturated rings. The molecule has 0 spiro atoms. The molecule has 10 rings (SSSR count). The van der Waals surface area contributed by atoms with Crippen LogP contribution in [0.3, 0.4) is 0 Å². The molecule has 270 valence electrons. The highest BCUT2D eigenvalue weighted by molar-refractivity contribution is 5.98. The molecule has 1 heteroatoms. The lowest BCUT2D eigenvalue weighted by atomic mass is 9.83. The van der Waals surface area contributed by atoms with Crippen LogP contribution in [0.1, 0.15) is 23.5 Å². The summed E-state index contributed by atoms with van der Waals surface area (Å²) in [4.78, 5) is 2.41. The standard InChI is InChI=1S/C56H41N/c1-3-13-40(14-4-1)41-29-33-48(34-30-41)57(49-35-31-46(32-36-49)54-24-12-20-44-18-8-10-22-52(44)54)50-37-38-55(42-15-5-2-6-16-42)56(39-50)47-27-25-45(26-28-47)53-23-11-19-43-17-7-9-21-51(43)53/h1-27,29-39,47H,28H2. The van der Waals surface area contributed by atoms with Gasteiger partial charge in [0, 0.05) is 23.0 Å². The van der Waals surface area contributed by atoms with E-state index in [0.29, 0.717) is 0 Å². The van der Waals surface area contributed by atoms with Crippen molar-refractivity contribution in [3.8, 4) is 33.4 Å². The van der Waals surface area contributed by atoms with Gasteiger partial charge in [0.1, 0.15) is 0 Å². The Kier molecular flexibility index (Phi) is 9.10. The fraction of sp³-hybridized carbons (Fsp3) is 0.0357. The van der Waals surface area contributed by atoms with Crippen molar-refractivity contribution < 1.29 is 0 Å². The first kappa shape index (κ1) is 34.3. The largest absolute Gasteiger partial charge is 0.310 e. The van der Waals surface area contributed by atoms with E-state index in [1.807, 2.05) is 0 Å². The van der Waals surface area contributed by atoms with E-state index in [-0.39, 0.29) is 5.92 Å². The molecule has 1 aliphatic carbocycles. The zero-order valence-corrected chi connectivity index (χ0v) is 31.7. The number of nitrogens with zero attached hydrogens (tertiary/aromatic N) is 1. The predicted octanol–water partition coefficient (Wildman–Crippen LogP) is 15.6. The molecule has 0 radical (unpaired) electrons. The Balaban J connectivity index is 1.07. The van der Waals surface area contributed by atoms with Crippen LogP contribution in [-0.2, 0) is 0 Å². The maximum atomic E-state index is 2.43. The summed E-state index contributed by atoms with van der Waals surface area (Å²) < 4.78 is 0. The average Bonchev–Trinajstić information content (AvgIpc) is 3.30. The minimum Gasteiger partial charge on any atom is -0.310 e. The van der Waals surface area contributed by atoms with E-state index in [1.165, 1.54) is 71.6 Å². The molecule has 9 aromatic rings. The van der Waals surface area contributed by atoms with Gasteiger partial charge in [-0.2, -0.15) is 0 Å². The van der Waals surface area contributed by atoms with Gasteiger partial charge in [-0.3, -0.25) is 0 Å². The Labute approximate surface area is 335 Å². The molecule has 0 N–H and O–H groups in total. The molecule has 0 saturated carbocycles. The summed E-state index contributed by atoms with van der Waals surface area (Å²) in [7, 11) is 0. The van der Waals surface area contributed by atoms with Gasteiger partial charge in [-0.15, -0.1) is 0 Å². The molecule has 9 aromatic carbocycles. The first-order valence-electron chi connectivity index (χ1n) is 19.9. The van der Waals surface area contributed by atoms with Crippen molar-refractivity contribution in [2.75, 3.05) is 4.90 Å². The molecule has 1 unspecified atom stereocenters. The zero-order valence-electron chi connectivity index (χ0n) is 31.7. The summed E-state index contributed by atoms with van der Waals surface area (Å²) in [5, 5.41) is 5.08. The zero-order chi connectivity index (χ0) is 38.0. The fourth-order valence-corrected chi connectivity index (χ4v) is 8.55. The quantitative estimate of drug-likeness (QED) is 0.151. The summed E-state index contributed by atoms with van der Waals surface area (Å²) in [5.74, 6) is 0.218. The van der Waals surface area contributed by atoms with E-state index < -0.39 is 0 Å². The third-order valence-corrected chi connectivity index (χ3v) is 11.4. The molecule has 0 aliphatic heterocycles. The maximum absolute atomic E-state index is 2.43. The fourth-order valence-electron chi connectivity index (χ4n) is 8.55. The van der Waals surface area contributed by atoms with Gasteiger partial charge in [0.15, 0.2) is 0 Å². The van der Waals surface area contributed by atoms with Crippen LogP contribution in [0.4, 0.5) is 17.1 Å². The second-order valence-electron chi connectivity index (χ2n) is 14.8. The Morgan fingerprint density at radius 3 is 1.49 bits per heavy atom. The van der Waals surface area contributed by atoms with Crippen molar-refractivity contribution in [3.63, 3.8) is 0 Å². The monoisotopic (exact) mass is 727 g/mol. The number of anilines is 3. The highest BCUT2D eigenvalue weighted by atomic mass is 15.1. The van der Waals surface area contributed by atoms with E-state index in [1.54, 1.807) is 0 Å². The second kappa shape index (κ2) is 15.1. The minimum absolute atomic E-state index is 0.218. The third-order valence-electron chi connectivity index (χ3n) is 11.4. The van der Waals surface area contributed by atoms with Crippen molar-refractivity contribution in [2.45, 2.75) is 12.3 Å². The van der Waals surface area contributed by atoms with Crippen molar-refractivity contribution in [1.29, 1.82) is 0 Å². The Bertz CT molecular complexity index is 2890. The van der Waals surface area contributed by atoms with E-state index in [4.69, 9.17) is 0 Å². The maximum Gasteiger partial charge on any atom is 0.0465 e. The topological polar surface area (TPSA) is 3.24 Å². The lowest BCUT2D eigenvalue weighted by molar-refractivity contribution is 0.858. The van der Waals surface area contributed by atoms with Gasteiger partial charge in [-0.25, -0.2) is 0 Å². The summed E-state index contributed by atoms with van der Waals surface area (Å²) in [6.45, 7) is 0. The molecule has 0 saturated heterocycles. The van der Waals surface area contributed by atoms with Crippen LogP contribution in [-0.4, -0.2) is 0 Å². The van der Waals surface area contributed by atoms with Crippen molar-refractivity contribution in [3.05, 3.63) is 242 Å². The number of benzene rings is 9. The van der Waals surface area contributed by atoms with Gasteiger partial charge in [-0.05, 0) is 114 Å². The van der Waals surface area contributed by atoms with Crippen molar-refractivity contribution >= 4 is 44.2 Å². The van der Waals surface area contributed by atoms with Gasteiger partial charge in [-0.1, -0.05) is 194 Å². The molecule has 0 heterocycles. The Morgan fingerprint density at radius 1 is 0.368 bits per heavy atom. The van der Waals surface area contributed by atoms with Crippen LogP contribution in [0.5, 0.6) is 0 Å².